The van der Waals surface area contributed by atoms with E-state index in [1.165, 1.54) is 5.56 Å². The Morgan fingerprint density at radius 2 is 2.36 bits per heavy atom. The summed E-state index contributed by atoms with van der Waals surface area (Å²) in [5.74, 6) is 0. The van der Waals surface area contributed by atoms with Crippen molar-refractivity contribution in [3.05, 3.63) is 27.5 Å². The van der Waals surface area contributed by atoms with E-state index in [0.29, 0.717) is 0 Å². The zero-order valence-corrected chi connectivity index (χ0v) is 7.95. The third-order valence-corrected chi connectivity index (χ3v) is 3.11. The Morgan fingerprint density at radius 3 is 2.91 bits per heavy atom. The van der Waals surface area contributed by atoms with Gasteiger partial charge in [-0.25, -0.2) is 0 Å². The standard InChI is InChI=1S/C7H5BrN2S/c8-6-4-11-3-5(6)7-1-2-9-10-7/h1-4H,(H,9,10). The second kappa shape index (κ2) is 2.79. The molecule has 0 aliphatic heterocycles. The van der Waals surface area contributed by atoms with Crippen molar-refractivity contribution in [2.24, 2.45) is 0 Å². The average Bonchev–Trinajstić information content (AvgIpc) is 2.55. The van der Waals surface area contributed by atoms with Gasteiger partial charge in [-0.2, -0.15) is 16.4 Å². The second-order valence-corrected chi connectivity index (χ2v) is 3.70. The topological polar surface area (TPSA) is 28.7 Å². The summed E-state index contributed by atoms with van der Waals surface area (Å²) in [6.45, 7) is 0. The summed E-state index contributed by atoms with van der Waals surface area (Å²) in [7, 11) is 0. The van der Waals surface area contributed by atoms with Gasteiger partial charge in [0.15, 0.2) is 0 Å². The number of nitrogens with zero attached hydrogens (tertiary/aromatic N) is 1. The minimum Gasteiger partial charge on any atom is -0.278 e. The number of thiophene rings is 1. The molecule has 0 fully saturated rings. The lowest BCUT2D eigenvalue weighted by atomic mass is 10.2. The third-order valence-electron chi connectivity index (χ3n) is 1.41. The highest BCUT2D eigenvalue weighted by Crippen LogP contribution is 2.29. The minimum atomic E-state index is 1.05. The molecule has 2 aromatic rings. The zero-order valence-electron chi connectivity index (χ0n) is 5.54. The number of rotatable bonds is 1. The molecule has 0 aromatic carbocycles. The van der Waals surface area contributed by atoms with Crippen molar-refractivity contribution in [1.82, 2.24) is 10.2 Å². The fourth-order valence-corrected chi connectivity index (χ4v) is 2.39. The van der Waals surface area contributed by atoms with Crippen molar-refractivity contribution in [2.75, 3.05) is 0 Å². The van der Waals surface area contributed by atoms with Crippen molar-refractivity contribution in [2.45, 2.75) is 0 Å². The maximum Gasteiger partial charge on any atom is 0.0669 e. The van der Waals surface area contributed by atoms with E-state index in [4.69, 9.17) is 0 Å². The van der Waals surface area contributed by atoms with Crippen LogP contribution in [0, 0.1) is 0 Å². The van der Waals surface area contributed by atoms with Gasteiger partial charge in [0, 0.05) is 27.0 Å². The van der Waals surface area contributed by atoms with Gasteiger partial charge in [-0.05, 0) is 22.0 Å². The highest BCUT2D eigenvalue weighted by molar-refractivity contribution is 9.10. The first-order valence-corrected chi connectivity index (χ1v) is 4.83. The van der Waals surface area contributed by atoms with Gasteiger partial charge in [-0.3, -0.25) is 5.10 Å². The molecule has 0 saturated heterocycles. The molecule has 0 amide bonds. The number of hydrogen-bond donors (Lipinski definition) is 1. The molecule has 0 saturated carbocycles. The minimum absolute atomic E-state index is 1.05. The predicted molar refractivity (Wildman–Crippen MR) is 49.6 cm³/mol. The quantitative estimate of drug-likeness (QED) is 0.800. The van der Waals surface area contributed by atoms with Crippen LogP contribution < -0.4 is 0 Å². The zero-order chi connectivity index (χ0) is 7.68. The lowest BCUT2D eigenvalue weighted by Gasteiger charge is -1.90. The molecule has 11 heavy (non-hydrogen) atoms. The van der Waals surface area contributed by atoms with Gasteiger partial charge >= 0.3 is 0 Å². The van der Waals surface area contributed by atoms with Crippen LogP contribution in [0.5, 0.6) is 0 Å². The summed E-state index contributed by atoms with van der Waals surface area (Å²) in [5, 5.41) is 10.9. The summed E-state index contributed by atoms with van der Waals surface area (Å²) in [6, 6.07) is 1.95. The average molecular weight is 229 g/mol. The molecule has 1 N–H and O–H groups in total. The maximum atomic E-state index is 3.88. The fraction of sp³-hybridized carbons (Fsp3) is 0. The van der Waals surface area contributed by atoms with Crippen LogP contribution in [0.15, 0.2) is 27.5 Å². The van der Waals surface area contributed by atoms with E-state index in [0.717, 1.165) is 10.2 Å². The molecule has 0 atom stereocenters. The molecule has 2 rings (SSSR count). The summed E-state index contributed by atoms with van der Waals surface area (Å²) >= 11 is 5.12. The van der Waals surface area contributed by atoms with Crippen LogP contribution in [0.3, 0.4) is 0 Å². The lowest BCUT2D eigenvalue weighted by molar-refractivity contribution is 1.10. The Kier molecular flexibility index (Phi) is 1.79. The summed E-state index contributed by atoms with van der Waals surface area (Å²) in [4.78, 5) is 0. The first-order valence-electron chi connectivity index (χ1n) is 3.09. The SMILES string of the molecule is Brc1cscc1-c1ccn[nH]1. The molecule has 56 valence electrons. The van der Waals surface area contributed by atoms with Gasteiger partial charge in [0.25, 0.3) is 0 Å². The Morgan fingerprint density at radius 1 is 1.45 bits per heavy atom. The molecule has 0 unspecified atom stereocenters. The molecule has 0 radical (unpaired) electrons. The summed E-state index contributed by atoms with van der Waals surface area (Å²) in [6.07, 6.45) is 1.75. The molecule has 2 aromatic heterocycles. The number of aromatic amines is 1. The van der Waals surface area contributed by atoms with E-state index in [2.05, 4.69) is 36.9 Å². The number of nitrogens with one attached hydrogen (secondary N) is 1. The molecular formula is C7H5BrN2S. The van der Waals surface area contributed by atoms with Gasteiger partial charge < -0.3 is 0 Å². The van der Waals surface area contributed by atoms with Crippen LogP contribution in [0.4, 0.5) is 0 Å². The van der Waals surface area contributed by atoms with Crippen LogP contribution >= 0.6 is 27.3 Å². The van der Waals surface area contributed by atoms with E-state index < -0.39 is 0 Å². The van der Waals surface area contributed by atoms with Crippen molar-refractivity contribution in [3.8, 4) is 11.3 Å². The molecule has 2 nitrogen and oxygen atoms in total. The molecule has 0 aliphatic carbocycles. The molecule has 0 spiro atoms. The second-order valence-electron chi connectivity index (χ2n) is 2.10. The molecule has 0 bridgehead atoms. The van der Waals surface area contributed by atoms with Gasteiger partial charge in [0.2, 0.25) is 0 Å². The molecule has 2 heterocycles. The smallest absolute Gasteiger partial charge is 0.0669 e. The number of halogens is 1. The summed E-state index contributed by atoms with van der Waals surface area (Å²) in [5.41, 5.74) is 2.23. The van der Waals surface area contributed by atoms with E-state index in [-0.39, 0.29) is 0 Å². The normalized spacial score (nSPS) is 10.3. The fourth-order valence-electron chi connectivity index (χ4n) is 0.880. The Labute approximate surface area is 76.4 Å². The first-order chi connectivity index (χ1) is 5.38. The number of aromatic nitrogens is 2. The van der Waals surface area contributed by atoms with Gasteiger partial charge in [-0.1, -0.05) is 0 Å². The predicted octanol–water partition coefficient (Wildman–Crippen LogP) is 2.90. The van der Waals surface area contributed by atoms with Gasteiger partial charge in [0.1, 0.15) is 0 Å². The van der Waals surface area contributed by atoms with E-state index in [1.807, 2.05) is 6.07 Å². The Hall–Kier alpha value is -0.610. The molecule has 4 heteroatoms. The van der Waals surface area contributed by atoms with Crippen LogP contribution in [0.1, 0.15) is 0 Å². The monoisotopic (exact) mass is 228 g/mol. The Balaban J connectivity index is 2.53. The molecular weight excluding hydrogens is 224 g/mol. The van der Waals surface area contributed by atoms with Crippen LogP contribution in [0.25, 0.3) is 11.3 Å². The molecule has 0 aliphatic rings. The van der Waals surface area contributed by atoms with Crippen molar-refractivity contribution < 1.29 is 0 Å². The maximum absolute atomic E-state index is 3.88. The lowest BCUT2D eigenvalue weighted by Crippen LogP contribution is -1.73. The van der Waals surface area contributed by atoms with Gasteiger partial charge in [0.05, 0.1) is 5.69 Å². The van der Waals surface area contributed by atoms with E-state index >= 15 is 0 Å². The van der Waals surface area contributed by atoms with Crippen LogP contribution in [-0.4, -0.2) is 10.2 Å². The third kappa shape index (κ3) is 1.23. The highest BCUT2D eigenvalue weighted by atomic mass is 79.9. The van der Waals surface area contributed by atoms with Crippen molar-refractivity contribution in [3.63, 3.8) is 0 Å². The van der Waals surface area contributed by atoms with E-state index in [1.54, 1.807) is 17.5 Å². The van der Waals surface area contributed by atoms with Crippen LogP contribution in [0.2, 0.25) is 0 Å². The number of hydrogen-bond acceptors (Lipinski definition) is 2. The Bertz CT molecular complexity index is 339. The van der Waals surface area contributed by atoms with Crippen molar-refractivity contribution in [1.29, 1.82) is 0 Å². The summed E-state index contributed by atoms with van der Waals surface area (Å²) < 4.78 is 1.12. The highest BCUT2D eigenvalue weighted by Gasteiger charge is 2.03. The van der Waals surface area contributed by atoms with E-state index in [9.17, 15) is 0 Å². The van der Waals surface area contributed by atoms with Crippen LogP contribution in [-0.2, 0) is 0 Å². The largest absolute Gasteiger partial charge is 0.278 e. The van der Waals surface area contributed by atoms with Crippen molar-refractivity contribution >= 4 is 27.3 Å². The van der Waals surface area contributed by atoms with Gasteiger partial charge in [-0.15, -0.1) is 0 Å². The first kappa shape index (κ1) is 7.06. The number of H-pyrrole nitrogens is 1.